The van der Waals surface area contributed by atoms with Gasteiger partial charge < -0.3 is 19.8 Å². The lowest BCUT2D eigenvalue weighted by Gasteiger charge is -2.25. The molecule has 1 saturated heterocycles. The number of carbonyl (C=O) groups is 2. The molecule has 1 aromatic rings. The molecule has 1 unspecified atom stereocenters. The number of benzene rings is 1. The monoisotopic (exact) mass is 341 g/mol. The Morgan fingerprint density at radius 1 is 1.35 bits per heavy atom. The zero-order valence-electron chi connectivity index (χ0n) is 13.3. The molecule has 1 aliphatic heterocycles. The Morgan fingerprint density at radius 2 is 1.96 bits per heavy atom. The van der Waals surface area contributed by atoms with Gasteiger partial charge in [0, 0.05) is 19.0 Å². The number of nitrogens with zero attached hydrogens (tertiary/aromatic N) is 1. The molecule has 0 radical (unpaired) electrons. The van der Waals surface area contributed by atoms with E-state index in [0.717, 1.165) is 0 Å². The number of ether oxygens (including phenoxy) is 1. The van der Waals surface area contributed by atoms with Crippen LogP contribution in [0.1, 0.15) is 41.0 Å². The van der Waals surface area contributed by atoms with Crippen molar-refractivity contribution >= 4 is 23.5 Å². The second kappa shape index (κ2) is 6.37. The first-order valence-electron chi connectivity index (χ1n) is 7.27. The number of carbonyl (C=O) groups excluding carboxylic acids is 1. The van der Waals surface area contributed by atoms with Gasteiger partial charge in [0.05, 0.1) is 28.9 Å². The summed E-state index contributed by atoms with van der Waals surface area (Å²) in [5.41, 5.74) is -0.952. The molecule has 23 heavy (non-hydrogen) atoms. The fraction of sp³-hybridized carbons (Fsp3) is 0.500. The van der Waals surface area contributed by atoms with Crippen LogP contribution in [0.3, 0.4) is 0 Å². The van der Waals surface area contributed by atoms with E-state index >= 15 is 0 Å². The van der Waals surface area contributed by atoms with Gasteiger partial charge >= 0.3 is 5.97 Å². The van der Waals surface area contributed by atoms with E-state index in [9.17, 15) is 19.8 Å². The van der Waals surface area contributed by atoms with Crippen LogP contribution in [-0.2, 0) is 0 Å². The van der Waals surface area contributed by atoms with Gasteiger partial charge in [0.25, 0.3) is 5.91 Å². The molecule has 0 aromatic heterocycles. The molecular formula is C16H20ClNO5. The average Bonchev–Trinajstić information content (AvgIpc) is 2.96. The van der Waals surface area contributed by atoms with Crippen LogP contribution in [0.25, 0.3) is 0 Å². The van der Waals surface area contributed by atoms with Crippen molar-refractivity contribution in [2.75, 3.05) is 20.2 Å². The summed E-state index contributed by atoms with van der Waals surface area (Å²) < 4.78 is 5.06. The molecule has 1 heterocycles. The second-order valence-electron chi connectivity index (χ2n) is 6.23. The lowest BCUT2D eigenvalue weighted by atomic mass is 9.90. The Hall–Kier alpha value is -1.79. The van der Waals surface area contributed by atoms with E-state index in [0.29, 0.717) is 19.5 Å². The lowest BCUT2D eigenvalue weighted by molar-refractivity contribution is 0.0211. The average molecular weight is 342 g/mol. The van der Waals surface area contributed by atoms with Crippen molar-refractivity contribution in [1.82, 2.24) is 4.90 Å². The summed E-state index contributed by atoms with van der Waals surface area (Å²) in [6.07, 6.45) is 0.683. The van der Waals surface area contributed by atoms with E-state index in [1.54, 1.807) is 18.7 Å². The lowest BCUT2D eigenvalue weighted by Crippen LogP contribution is -2.35. The second-order valence-corrected chi connectivity index (χ2v) is 6.61. The first-order chi connectivity index (χ1) is 10.6. The molecule has 0 saturated carbocycles. The quantitative estimate of drug-likeness (QED) is 0.877. The van der Waals surface area contributed by atoms with Gasteiger partial charge in [-0.3, -0.25) is 4.79 Å². The van der Waals surface area contributed by atoms with E-state index in [2.05, 4.69) is 0 Å². The van der Waals surface area contributed by atoms with Crippen molar-refractivity contribution in [2.45, 2.75) is 25.9 Å². The summed E-state index contributed by atoms with van der Waals surface area (Å²) in [7, 11) is 1.39. The van der Waals surface area contributed by atoms with E-state index < -0.39 is 11.6 Å². The number of halogens is 1. The van der Waals surface area contributed by atoms with Crippen molar-refractivity contribution in [3.05, 3.63) is 28.3 Å². The maximum absolute atomic E-state index is 12.7. The molecule has 1 aliphatic rings. The third-order valence-corrected chi connectivity index (χ3v) is 4.62. The smallest absolute Gasteiger partial charge is 0.337 e. The van der Waals surface area contributed by atoms with E-state index in [1.165, 1.54) is 19.2 Å². The standard InChI is InChI=1S/C16H20ClNO5/c1-16(2,22)9-4-5-18(8-9)14(19)11-6-10(23-3)7-12(13(11)17)15(20)21/h6-7,9,22H,4-5,8H2,1-3H3,(H,20,21). The molecule has 126 valence electrons. The number of amides is 1. The van der Waals surface area contributed by atoms with E-state index in [-0.39, 0.29) is 33.7 Å². The van der Waals surface area contributed by atoms with Crippen molar-refractivity contribution in [3.63, 3.8) is 0 Å². The minimum atomic E-state index is -1.22. The highest BCUT2D eigenvalue weighted by Crippen LogP contribution is 2.32. The number of rotatable bonds is 4. The van der Waals surface area contributed by atoms with Gasteiger partial charge in [0.2, 0.25) is 0 Å². The number of hydrogen-bond acceptors (Lipinski definition) is 4. The molecule has 2 rings (SSSR count). The summed E-state index contributed by atoms with van der Waals surface area (Å²) in [4.78, 5) is 25.5. The molecule has 1 fully saturated rings. The van der Waals surface area contributed by atoms with Gasteiger partial charge in [-0.25, -0.2) is 4.79 Å². The van der Waals surface area contributed by atoms with Gasteiger partial charge in [0.15, 0.2) is 0 Å². The zero-order valence-corrected chi connectivity index (χ0v) is 14.1. The number of likely N-dealkylation sites (tertiary alicyclic amines) is 1. The highest BCUT2D eigenvalue weighted by molar-refractivity contribution is 6.36. The van der Waals surface area contributed by atoms with E-state index in [4.69, 9.17) is 16.3 Å². The molecule has 6 nitrogen and oxygen atoms in total. The van der Waals surface area contributed by atoms with Gasteiger partial charge in [-0.05, 0) is 32.4 Å². The normalized spacial score (nSPS) is 18.1. The van der Waals surface area contributed by atoms with Crippen molar-refractivity contribution < 1.29 is 24.5 Å². The predicted molar refractivity (Wildman–Crippen MR) is 85.3 cm³/mol. The Labute approximate surface area is 139 Å². The van der Waals surface area contributed by atoms with Crippen molar-refractivity contribution in [3.8, 4) is 5.75 Å². The third kappa shape index (κ3) is 3.59. The molecule has 7 heteroatoms. The highest BCUT2D eigenvalue weighted by atomic mass is 35.5. The molecule has 1 aromatic carbocycles. The molecule has 0 spiro atoms. The molecule has 0 aliphatic carbocycles. The van der Waals surface area contributed by atoms with Gasteiger partial charge in [-0.1, -0.05) is 11.6 Å². The van der Waals surface area contributed by atoms with Crippen LogP contribution in [0, 0.1) is 5.92 Å². The summed E-state index contributed by atoms with van der Waals surface area (Å²) in [6.45, 7) is 4.32. The number of aromatic carboxylic acids is 1. The maximum atomic E-state index is 12.7. The largest absolute Gasteiger partial charge is 0.497 e. The van der Waals surface area contributed by atoms with E-state index in [1.807, 2.05) is 0 Å². The van der Waals surface area contributed by atoms with Crippen LogP contribution in [-0.4, -0.2) is 52.8 Å². The minimum Gasteiger partial charge on any atom is -0.497 e. The number of carboxylic acid groups (broad SMARTS) is 1. The van der Waals surface area contributed by atoms with Crippen LogP contribution in [0.4, 0.5) is 0 Å². The Bertz CT molecular complexity index is 638. The van der Waals surface area contributed by atoms with Gasteiger partial charge in [0.1, 0.15) is 5.75 Å². The molecule has 1 amide bonds. The Morgan fingerprint density at radius 3 is 2.43 bits per heavy atom. The summed E-state index contributed by atoms with van der Waals surface area (Å²) in [6, 6.07) is 2.72. The van der Waals surface area contributed by atoms with Crippen LogP contribution < -0.4 is 4.74 Å². The molecule has 1 atom stereocenters. The maximum Gasteiger partial charge on any atom is 0.337 e. The Kier molecular flexibility index (Phi) is 4.87. The molecule has 0 bridgehead atoms. The van der Waals surface area contributed by atoms with Crippen LogP contribution in [0.15, 0.2) is 12.1 Å². The fourth-order valence-electron chi connectivity index (χ4n) is 2.72. The predicted octanol–water partition coefficient (Wildman–Crippen LogP) is 2.28. The van der Waals surface area contributed by atoms with Crippen LogP contribution >= 0.6 is 11.6 Å². The minimum absolute atomic E-state index is 0.0326. The highest BCUT2D eigenvalue weighted by Gasteiger charge is 2.36. The number of aliphatic hydroxyl groups is 1. The van der Waals surface area contributed by atoms with Crippen molar-refractivity contribution in [2.24, 2.45) is 5.92 Å². The van der Waals surface area contributed by atoms with Gasteiger partial charge in [-0.2, -0.15) is 0 Å². The molecule has 2 N–H and O–H groups in total. The Balaban J connectivity index is 2.33. The van der Waals surface area contributed by atoms with Gasteiger partial charge in [-0.15, -0.1) is 0 Å². The third-order valence-electron chi connectivity index (χ3n) is 4.22. The summed E-state index contributed by atoms with van der Waals surface area (Å²) in [5.74, 6) is -1.36. The molecular weight excluding hydrogens is 322 g/mol. The number of methoxy groups -OCH3 is 1. The topological polar surface area (TPSA) is 87.1 Å². The first-order valence-corrected chi connectivity index (χ1v) is 7.65. The van der Waals surface area contributed by atoms with Crippen LogP contribution in [0.5, 0.6) is 5.75 Å². The zero-order chi connectivity index (χ0) is 17.4. The number of carboxylic acids is 1. The SMILES string of the molecule is COc1cc(C(=O)O)c(Cl)c(C(=O)N2CCC(C(C)(C)O)C2)c1. The first kappa shape index (κ1) is 17.6. The summed E-state index contributed by atoms with van der Waals surface area (Å²) in [5, 5.41) is 19.2. The van der Waals surface area contributed by atoms with Crippen LogP contribution in [0.2, 0.25) is 5.02 Å². The summed E-state index contributed by atoms with van der Waals surface area (Å²) >= 11 is 6.10. The number of hydrogen-bond donors (Lipinski definition) is 2. The fourth-order valence-corrected chi connectivity index (χ4v) is 2.99. The van der Waals surface area contributed by atoms with Crippen molar-refractivity contribution in [1.29, 1.82) is 0 Å².